The van der Waals surface area contributed by atoms with Gasteiger partial charge in [0.1, 0.15) is 17.1 Å². The van der Waals surface area contributed by atoms with Crippen molar-refractivity contribution in [3.05, 3.63) is 59.6 Å². The first-order valence-electron chi connectivity index (χ1n) is 7.78. The van der Waals surface area contributed by atoms with Gasteiger partial charge in [-0.15, -0.1) is 10.2 Å². The fourth-order valence-electron chi connectivity index (χ4n) is 2.82. The molecule has 2 aromatic heterocycles. The normalized spacial score (nSPS) is 11.0. The molecule has 0 N–H and O–H groups in total. The van der Waals surface area contributed by atoms with Gasteiger partial charge in [0.15, 0.2) is 5.65 Å². The van der Waals surface area contributed by atoms with E-state index in [9.17, 15) is 0 Å². The third kappa shape index (κ3) is 2.62. The first kappa shape index (κ1) is 15.6. The van der Waals surface area contributed by atoms with Crippen LogP contribution in [0, 0.1) is 0 Å². The molecule has 5 nitrogen and oxygen atoms in total. The number of hydrogen-bond acceptors (Lipinski definition) is 4. The van der Waals surface area contributed by atoms with E-state index < -0.39 is 0 Å². The SMILES string of the molecule is COc1ccc(-c2nnc3c(c(-c4ccccc4)nn3C)c2Cl)cc1. The highest BCUT2D eigenvalue weighted by Gasteiger charge is 2.19. The maximum atomic E-state index is 6.73. The van der Waals surface area contributed by atoms with E-state index in [0.717, 1.165) is 28.0 Å². The lowest BCUT2D eigenvalue weighted by Crippen LogP contribution is -1.95. The topological polar surface area (TPSA) is 52.8 Å². The van der Waals surface area contributed by atoms with Crippen molar-refractivity contribution in [2.45, 2.75) is 0 Å². The Morgan fingerprint density at radius 1 is 0.880 bits per heavy atom. The Balaban J connectivity index is 1.95. The zero-order chi connectivity index (χ0) is 17.4. The summed E-state index contributed by atoms with van der Waals surface area (Å²) in [7, 11) is 3.47. The van der Waals surface area contributed by atoms with E-state index >= 15 is 0 Å². The van der Waals surface area contributed by atoms with Crippen molar-refractivity contribution in [3.63, 3.8) is 0 Å². The number of halogens is 1. The number of aromatic nitrogens is 4. The van der Waals surface area contributed by atoms with Crippen molar-refractivity contribution in [2.75, 3.05) is 7.11 Å². The summed E-state index contributed by atoms with van der Waals surface area (Å²) in [6, 6.07) is 17.5. The van der Waals surface area contributed by atoms with Crippen LogP contribution in [-0.4, -0.2) is 27.1 Å². The van der Waals surface area contributed by atoms with E-state index in [4.69, 9.17) is 16.3 Å². The summed E-state index contributed by atoms with van der Waals surface area (Å²) in [6.07, 6.45) is 0. The van der Waals surface area contributed by atoms with E-state index in [1.807, 2.05) is 61.6 Å². The molecule has 0 saturated carbocycles. The Bertz CT molecular complexity index is 1040. The molecule has 0 spiro atoms. The molecule has 0 aliphatic rings. The molecule has 4 aromatic rings. The van der Waals surface area contributed by atoms with Crippen LogP contribution >= 0.6 is 11.6 Å². The van der Waals surface area contributed by atoms with Crippen LogP contribution in [0.3, 0.4) is 0 Å². The van der Waals surface area contributed by atoms with Gasteiger partial charge in [-0.25, -0.2) is 4.68 Å². The molecule has 4 rings (SSSR count). The molecule has 0 bridgehead atoms. The molecular formula is C19H15ClN4O. The monoisotopic (exact) mass is 350 g/mol. The predicted molar refractivity (Wildman–Crippen MR) is 98.7 cm³/mol. The van der Waals surface area contributed by atoms with Gasteiger partial charge in [-0.05, 0) is 24.3 Å². The van der Waals surface area contributed by atoms with Crippen LogP contribution in [0.25, 0.3) is 33.5 Å². The van der Waals surface area contributed by atoms with Crippen molar-refractivity contribution in [2.24, 2.45) is 7.05 Å². The molecule has 0 atom stereocenters. The van der Waals surface area contributed by atoms with Crippen molar-refractivity contribution in [1.29, 1.82) is 0 Å². The molecule has 2 heterocycles. The van der Waals surface area contributed by atoms with Gasteiger partial charge in [-0.1, -0.05) is 41.9 Å². The quantitative estimate of drug-likeness (QED) is 0.551. The highest BCUT2D eigenvalue weighted by molar-refractivity contribution is 6.38. The number of methoxy groups -OCH3 is 1. The van der Waals surface area contributed by atoms with Crippen LogP contribution in [0.2, 0.25) is 5.02 Å². The smallest absolute Gasteiger partial charge is 0.182 e. The van der Waals surface area contributed by atoms with E-state index in [0.29, 0.717) is 16.4 Å². The van der Waals surface area contributed by atoms with Gasteiger partial charge < -0.3 is 4.74 Å². The van der Waals surface area contributed by atoms with E-state index in [-0.39, 0.29) is 0 Å². The molecule has 0 aliphatic carbocycles. The number of rotatable bonds is 3. The van der Waals surface area contributed by atoms with Gasteiger partial charge in [-0.2, -0.15) is 5.10 Å². The lowest BCUT2D eigenvalue weighted by Gasteiger charge is -2.06. The average Bonchev–Trinajstić information content (AvgIpc) is 3.01. The minimum Gasteiger partial charge on any atom is -0.497 e. The largest absolute Gasteiger partial charge is 0.497 e. The van der Waals surface area contributed by atoms with Gasteiger partial charge in [0.25, 0.3) is 0 Å². The zero-order valence-electron chi connectivity index (χ0n) is 13.8. The summed E-state index contributed by atoms with van der Waals surface area (Å²) < 4.78 is 6.91. The van der Waals surface area contributed by atoms with E-state index in [2.05, 4.69) is 15.3 Å². The molecule has 0 aliphatic heterocycles. The van der Waals surface area contributed by atoms with Gasteiger partial charge in [0.2, 0.25) is 0 Å². The fraction of sp³-hybridized carbons (Fsp3) is 0.105. The van der Waals surface area contributed by atoms with Crippen molar-refractivity contribution in [3.8, 4) is 28.3 Å². The second kappa shape index (κ2) is 6.18. The number of benzene rings is 2. The summed E-state index contributed by atoms with van der Waals surface area (Å²) in [5, 5.41) is 14.6. The molecule has 0 unspecified atom stereocenters. The van der Waals surface area contributed by atoms with E-state index in [1.165, 1.54) is 0 Å². The second-order valence-electron chi connectivity index (χ2n) is 5.63. The number of ether oxygens (including phenoxy) is 1. The molecule has 0 radical (unpaired) electrons. The third-order valence-electron chi connectivity index (χ3n) is 4.10. The summed E-state index contributed by atoms with van der Waals surface area (Å²) in [5.74, 6) is 0.778. The maximum Gasteiger partial charge on any atom is 0.182 e. The Morgan fingerprint density at radius 2 is 1.56 bits per heavy atom. The van der Waals surface area contributed by atoms with Gasteiger partial charge in [0, 0.05) is 18.2 Å². The number of aryl methyl sites for hydroxylation is 1. The Kier molecular flexibility index (Phi) is 3.86. The van der Waals surface area contributed by atoms with Crippen LogP contribution in [-0.2, 0) is 7.05 Å². The fourth-order valence-corrected chi connectivity index (χ4v) is 3.14. The lowest BCUT2D eigenvalue weighted by molar-refractivity contribution is 0.415. The zero-order valence-corrected chi connectivity index (χ0v) is 14.5. The summed E-state index contributed by atoms with van der Waals surface area (Å²) in [5.41, 5.74) is 3.95. The Labute approximate surface area is 149 Å². The molecule has 0 saturated heterocycles. The molecule has 25 heavy (non-hydrogen) atoms. The van der Waals surface area contributed by atoms with Gasteiger partial charge in [0.05, 0.1) is 17.5 Å². The minimum atomic E-state index is 0.544. The third-order valence-corrected chi connectivity index (χ3v) is 4.47. The molecule has 0 amide bonds. The van der Waals surface area contributed by atoms with Crippen LogP contribution in [0.1, 0.15) is 0 Å². The first-order chi connectivity index (χ1) is 12.2. The predicted octanol–water partition coefficient (Wildman–Crippen LogP) is 4.36. The highest BCUT2D eigenvalue weighted by Crippen LogP contribution is 2.37. The second-order valence-corrected chi connectivity index (χ2v) is 6.01. The molecule has 2 aromatic carbocycles. The lowest BCUT2D eigenvalue weighted by atomic mass is 10.1. The Hall–Kier alpha value is -2.92. The van der Waals surface area contributed by atoms with E-state index in [1.54, 1.807) is 11.8 Å². The van der Waals surface area contributed by atoms with Crippen molar-refractivity contribution >= 4 is 22.6 Å². The first-order valence-corrected chi connectivity index (χ1v) is 8.15. The van der Waals surface area contributed by atoms with Gasteiger partial charge >= 0.3 is 0 Å². The van der Waals surface area contributed by atoms with Crippen LogP contribution in [0.15, 0.2) is 54.6 Å². The van der Waals surface area contributed by atoms with Crippen LogP contribution in [0.4, 0.5) is 0 Å². The van der Waals surface area contributed by atoms with Crippen LogP contribution < -0.4 is 4.74 Å². The molecule has 6 heteroatoms. The highest BCUT2D eigenvalue weighted by atomic mass is 35.5. The standard InChI is InChI=1S/C19H15ClN4O/c1-24-19-15(17(23-24)12-6-4-3-5-7-12)16(20)18(21-22-19)13-8-10-14(25-2)11-9-13/h3-11H,1-2H3. The maximum absolute atomic E-state index is 6.73. The summed E-state index contributed by atoms with van der Waals surface area (Å²) >= 11 is 6.73. The molecular weight excluding hydrogens is 336 g/mol. The number of nitrogens with zero attached hydrogens (tertiary/aromatic N) is 4. The van der Waals surface area contributed by atoms with Crippen molar-refractivity contribution < 1.29 is 4.74 Å². The van der Waals surface area contributed by atoms with Crippen LogP contribution in [0.5, 0.6) is 5.75 Å². The average molecular weight is 351 g/mol. The summed E-state index contributed by atoms with van der Waals surface area (Å²) in [4.78, 5) is 0. The molecule has 124 valence electrons. The molecule has 0 fully saturated rings. The number of fused-ring (bicyclic) bond motifs is 1. The van der Waals surface area contributed by atoms with Gasteiger partial charge in [-0.3, -0.25) is 0 Å². The summed E-state index contributed by atoms with van der Waals surface area (Å²) in [6.45, 7) is 0. The Morgan fingerprint density at radius 3 is 2.24 bits per heavy atom. The van der Waals surface area contributed by atoms with Crippen molar-refractivity contribution in [1.82, 2.24) is 20.0 Å². The minimum absolute atomic E-state index is 0.544. The number of hydrogen-bond donors (Lipinski definition) is 0.